The second-order valence-electron chi connectivity index (χ2n) is 4.05. The number of nitrogens with one attached hydrogen (secondary N) is 1. The molecule has 1 heterocycles. The van der Waals surface area contributed by atoms with Crippen molar-refractivity contribution >= 4 is 17.2 Å². The standard InChI is InChI=1S/C13H18N4O/c1-4-18-11-7-5-10(6-8-11)15-13-12(14)9(2)16-17(13)3/h5-8,15H,4,14H2,1-3H3. The number of nitrogens with zero attached hydrogens (tertiary/aromatic N) is 2. The molecule has 0 fully saturated rings. The van der Waals surface area contributed by atoms with Gasteiger partial charge in [0.1, 0.15) is 5.75 Å². The summed E-state index contributed by atoms with van der Waals surface area (Å²) in [6, 6.07) is 7.75. The Labute approximate surface area is 107 Å². The number of rotatable bonds is 4. The van der Waals surface area contributed by atoms with Crippen LogP contribution in [0.3, 0.4) is 0 Å². The lowest BCUT2D eigenvalue weighted by molar-refractivity contribution is 0.340. The van der Waals surface area contributed by atoms with Crippen molar-refractivity contribution in [2.24, 2.45) is 7.05 Å². The Morgan fingerprint density at radius 3 is 2.50 bits per heavy atom. The zero-order valence-corrected chi connectivity index (χ0v) is 10.9. The molecule has 5 nitrogen and oxygen atoms in total. The maximum atomic E-state index is 5.96. The fourth-order valence-corrected chi connectivity index (χ4v) is 1.76. The molecule has 96 valence electrons. The summed E-state index contributed by atoms with van der Waals surface area (Å²) in [7, 11) is 1.86. The molecule has 0 saturated carbocycles. The van der Waals surface area contributed by atoms with E-state index in [-0.39, 0.29) is 0 Å². The number of nitrogens with two attached hydrogens (primary N) is 1. The van der Waals surface area contributed by atoms with E-state index in [2.05, 4.69) is 10.4 Å². The molecule has 1 aromatic heterocycles. The van der Waals surface area contributed by atoms with Crippen LogP contribution < -0.4 is 15.8 Å². The molecular formula is C13H18N4O. The summed E-state index contributed by atoms with van der Waals surface area (Å²) < 4.78 is 7.13. The molecule has 0 bridgehead atoms. The second-order valence-corrected chi connectivity index (χ2v) is 4.05. The van der Waals surface area contributed by atoms with E-state index < -0.39 is 0 Å². The van der Waals surface area contributed by atoms with Gasteiger partial charge in [0.15, 0.2) is 5.82 Å². The first-order chi connectivity index (χ1) is 8.61. The van der Waals surface area contributed by atoms with E-state index in [0.29, 0.717) is 12.3 Å². The van der Waals surface area contributed by atoms with E-state index in [1.807, 2.05) is 45.2 Å². The highest BCUT2D eigenvalue weighted by Gasteiger charge is 2.09. The first kappa shape index (κ1) is 12.3. The van der Waals surface area contributed by atoms with Gasteiger partial charge in [0, 0.05) is 12.7 Å². The Morgan fingerprint density at radius 2 is 2.00 bits per heavy atom. The molecule has 0 spiro atoms. The van der Waals surface area contributed by atoms with E-state index in [4.69, 9.17) is 10.5 Å². The van der Waals surface area contributed by atoms with Crippen LogP contribution in [0.5, 0.6) is 5.75 Å². The van der Waals surface area contributed by atoms with Crippen LogP contribution >= 0.6 is 0 Å². The predicted octanol–water partition coefficient (Wildman–Crippen LogP) is 2.45. The summed E-state index contributed by atoms with van der Waals surface area (Å²) >= 11 is 0. The number of benzene rings is 1. The molecule has 0 aliphatic heterocycles. The van der Waals surface area contributed by atoms with Gasteiger partial charge in [-0.15, -0.1) is 0 Å². The highest BCUT2D eigenvalue weighted by atomic mass is 16.5. The third-order valence-electron chi connectivity index (χ3n) is 2.70. The topological polar surface area (TPSA) is 65.1 Å². The molecule has 1 aromatic carbocycles. The number of hydrogen-bond acceptors (Lipinski definition) is 4. The molecule has 0 aliphatic rings. The molecule has 0 amide bonds. The van der Waals surface area contributed by atoms with E-state index in [0.717, 1.165) is 22.9 Å². The number of nitrogen functional groups attached to an aromatic ring is 1. The van der Waals surface area contributed by atoms with Crippen molar-refractivity contribution in [3.63, 3.8) is 0 Å². The predicted molar refractivity (Wildman–Crippen MR) is 73.3 cm³/mol. The van der Waals surface area contributed by atoms with E-state index in [9.17, 15) is 0 Å². The van der Waals surface area contributed by atoms with Crippen molar-refractivity contribution in [1.82, 2.24) is 9.78 Å². The lowest BCUT2D eigenvalue weighted by Gasteiger charge is -2.09. The zero-order chi connectivity index (χ0) is 13.1. The maximum Gasteiger partial charge on any atom is 0.152 e. The molecular weight excluding hydrogens is 228 g/mol. The monoisotopic (exact) mass is 246 g/mol. The minimum atomic E-state index is 0.667. The van der Waals surface area contributed by atoms with E-state index in [1.165, 1.54) is 0 Å². The Bertz CT molecular complexity index is 531. The number of aromatic nitrogens is 2. The summed E-state index contributed by atoms with van der Waals surface area (Å²) in [6.07, 6.45) is 0. The Hall–Kier alpha value is -2.17. The van der Waals surface area contributed by atoms with Crippen LogP contribution in [0.1, 0.15) is 12.6 Å². The van der Waals surface area contributed by atoms with E-state index >= 15 is 0 Å². The van der Waals surface area contributed by atoms with Gasteiger partial charge in [0.2, 0.25) is 0 Å². The summed E-state index contributed by atoms with van der Waals surface area (Å²) in [5.41, 5.74) is 8.41. The largest absolute Gasteiger partial charge is 0.494 e. The number of anilines is 3. The number of aryl methyl sites for hydroxylation is 2. The highest BCUT2D eigenvalue weighted by molar-refractivity contribution is 5.71. The average molecular weight is 246 g/mol. The van der Waals surface area contributed by atoms with E-state index in [1.54, 1.807) is 4.68 Å². The van der Waals surface area contributed by atoms with Crippen LogP contribution in [0, 0.1) is 6.92 Å². The molecule has 3 N–H and O–H groups in total. The van der Waals surface area contributed by atoms with Gasteiger partial charge in [-0.25, -0.2) is 0 Å². The van der Waals surface area contributed by atoms with Gasteiger partial charge >= 0.3 is 0 Å². The highest BCUT2D eigenvalue weighted by Crippen LogP contribution is 2.26. The van der Waals surface area contributed by atoms with Crippen molar-refractivity contribution in [3.05, 3.63) is 30.0 Å². The van der Waals surface area contributed by atoms with Crippen molar-refractivity contribution in [2.45, 2.75) is 13.8 Å². The van der Waals surface area contributed by atoms with Gasteiger partial charge in [-0.1, -0.05) is 0 Å². The van der Waals surface area contributed by atoms with Gasteiger partial charge < -0.3 is 15.8 Å². The maximum absolute atomic E-state index is 5.96. The second kappa shape index (κ2) is 5.00. The smallest absolute Gasteiger partial charge is 0.152 e. The Kier molecular flexibility index (Phi) is 3.41. The lowest BCUT2D eigenvalue weighted by Crippen LogP contribution is -2.01. The fraction of sp³-hybridized carbons (Fsp3) is 0.308. The number of ether oxygens (including phenoxy) is 1. The van der Waals surface area contributed by atoms with Gasteiger partial charge in [0.25, 0.3) is 0 Å². The molecule has 2 rings (SSSR count). The molecule has 18 heavy (non-hydrogen) atoms. The lowest BCUT2D eigenvalue weighted by atomic mass is 10.3. The quantitative estimate of drug-likeness (QED) is 0.869. The molecule has 0 unspecified atom stereocenters. The summed E-state index contributed by atoms with van der Waals surface area (Å²) in [5, 5.41) is 7.51. The first-order valence-corrected chi connectivity index (χ1v) is 5.90. The molecule has 0 radical (unpaired) electrons. The van der Waals surface area contributed by atoms with Crippen LogP contribution in [0.4, 0.5) is 17.2 Å². The average Bonchev–Trinajstić information content (AvgIpc) is 2.59. The molecule has 0 saturated heterocycles. The zero-order valence-electron chi connectivity index (χ0n) is 10.9. The van der Waals surface area contributed by atoms with Gasteiger partial charge in [-0.2, -0.15) is 5.10 Å². The first-order valence-electron chi connectivity index (χ1n) is 5.90. The third-order valence-corrected chi connectivity index (χ3v) is 2.70. The minimum Gasteiger partial charge on any atom is -0.494 e. The normalized spacial score (nSPS) is 10.4. The van der Waals surface area contributed by atoms with Crippen LogP contribution in [-0.2, 0) is 7.05 Å². The van der Waals surface area contributed by atoms with Crippen LogP contribution in [0.15, 0.2) is 24.3 Å². The Morgan fingerprint density at radius 1 is 1.33 bits per heavy atom. The Balaban J connectivity index is 2.18. The molecule has 5 heteroatoms. The van der Waals surface area contributed by atoms with Gasteiger partial charge in [-0.05, 0) is 38.1 Å². The van der Waals surface area contributed by atoms with Crippen molar-refractivity contribution < 1.29 is 4.74 Å². The summed E-state index contributed by atoms with van der Waals surface area (Å²) in [6.45, 7) is 4.52. The van der Waals surface area contributed by atoms with Gasteiger partial charge in [0.05, 0.1) is 18.0 Å². The molecule has 2 aromatic rings. The SMILES string of the molecule is CCOc1ccc(Nc2c(N)c(C)nn2C)cc1. The van der Waals surface area contributed by atoms with Crippen LogP contribution in [-0.4, -0.2) is 16.4 Å². The van der Waals surface area contributed by atoms with Crippen LogP contribution in [0.2, 0.25) is 0 Å². The third kappa shape index (κ3) is 2.40. The summed E-state index contributed by atoms with van der Waals surface area (Å²) in [4.78, 5) is 0. The van der Waals surface area contributed by atoms with Crippen molar-refractivity contribution in [1.29, 1.82) is 0 Å². The summed E-state index contributed by atoms with van der Waals surface area (Å²) in [5.74, 6) is 1.66. The number of hydrogen-bond donors (Lipinski definition) is 2. The fourth-order valence-electron chi connectivity index (χ4n) is 1.76. The molecule has 0 aliphatic carbocycles. The van der Waals surface area contributed by atoms with Gasteiger partial charge in [-0.3, -0.25) is 4.68 Å². The van der Waals surface area contributed by atoms with Crippen molar-refractivity contribution in [3.8, 4) is 5.75 Å². The van der Waals surface area contributed by atoms with Crippen LogP contribution in [0.25, 0.3) is 0 Å². The van der Waals surface area contributed by atoms with Crippen molar-refractivity contribution in [2.75, 3.05) is 17.7 Å². The molecule has 0 atom stereocenters. The minimum absolute atomic E-state index is 0.667.